The standard InChI is InChI=1S/C15H23/c1-7-12-10-13(11(2)3)8-9-14(12)15(4,5)6/h8-10H,7H2,1-6H3. The van der Waals surface area contributed by atoms with Gasteiger partial charge in [-0.1, -0.05) is 59.7 Å². The Labute approximate surface area is 94.7 Å². The summed E-state index contributed by atoms with van der Waals surface area (Å²) < 4.78 is 0. The largest absolute Gasteiger partial charge is 0.0613 e. The van der Waals surface area contributed by atoms with Crippen LogP contribution in [0.1, 0.15) is 58.2 Å². The fraction of sp³-hybridized carbons (Fsp3) is 0.533. The lowest BCUT2D eigenvalue weighted by atomic mass is 9.81. The van der Waals surface area contributed by atoms with Gasteiger partial charge in [-0.3, -0.25) is 0 Å². The third kappa shape index (κ3) is 2.84. The maximum absolute atomic E-state index is 2.34. The molecule has 0 nitrogen and oxygen atoms in total. The van der Waals surface area contributed by atoms with Gasteiger partial charge < -0.3 is 0 Å². The lowest BCUT2D eigenvalue weighted by molar-refractivity contribution is 0.583. The molecule has 0 unspecified atom stereocenters. The van der Waals surface area contributed by atoms with Gasteiger partial charge in [0.15, 0.2) is 0 Å². The van der Waals surface area contributed by atoms with Crippen LogP contribution < -0.4 is 0 Å². The number of benzene rings is 1. The highest BCUT2D eigenvalue weighted by atomic mass is 14.2. The Kier molecular flexibility index (Phi) is 3.59. The van der Waals surface area contributed by atoms with Crippen LogP contribution in [0.4, 0.5) is 0 Å². The van der Waals surface area contributed by atoms with Crippen molar-refractivity contribution in [3.63, 3.8) is 0 Å². The molecule has 0 aliphatic rings. The van der Waals surface area contributed by atoms with Gasteiger partial charge in [0, 0.05) is 0 Å². The van der Waals surface area contributed by atoms with E-state index in [4.69, 9.17) is 0 Å². The Bertz CT molecular complexity index is 326. The lowest BCUT2D eigenvalue weighted by Crippen LogP contribution is -2.14. The molecule has 0 aliphatic heterocycles. The Balaban J connectivity index is 3.21. The summed E-state index contributed by atoms with van der Waals surface area (Å²) in [6, 6.07) is 6.88. The predicted octanol–water partition coefficient (Wildman–Crippen LogP) is 4.51. The lowest BCUT2D eigenvalue weighted by Gasteiger charge is -2.23. The van der Waals surface area contributed by atoms with Crippen LogP contribution >= 0.6 is 0 Å². The van der Waals surface area contributed by atoms with Gasteiger partial charge in [-0.15, -0.1) is 0 Å². The second-order valence-electron chi connectivity index (χ2n) is 5.48. The molecular weight excluding hydrogens is 180 g/mol. The molecule has 0 fully saturated rings. The van der Waals surface area contributed by atoms with Crippen molar-refractivity contribution in [2.45, 2.75) is 53.4 Å². The molecule has 15 heavy (non-hydrogen) atoms. The molecule has 0 saturated heterocycles. The molecule has 0 heterocycles. The fourth-order valence-corrected chi connectivity index (χ4v) is 1.93. The zero-order valence-electron chi connectivity index (χ0n) is 10.9. The molecule has 1 aromatic carbocycles. The molecule has 1 radical (unpaired) electrons. The molecule has 0 heteroatoms. The topological polar surface area (TPSA) is 0 Å². The van der Waals surface area contributed by atoms with Crippen LogP contribution in [0, 0.1) is 5.92 Å². The monoisotopic (exact) mass is 203 g/mol. The first-order valence-corrected chi connectivity index (χ1v) is 5.80. The van der Waals surface area contributed by atoms with Gasteiger partial charge in [-0.25, -0.2) is 0 Å². The number of hydrogen-bond donors (Lipinski definition) is 0. The molecule has 0 amide bonds. The highest BCUT2D eigenvalue weighted by molar-refractivity contribution is 5.40. The molecule has 1 aromatic rings. The van der Waals surface area contributed by atoms with Crippen molar-refractivity contribution in [2.75, 3.05) is 0 Å². The van der Waals surface area contributed by atoms with E-state index in [1.807, 2.05) is 0 Å². The van der Waals surface area contributed by atoms with Crippen LogP contribution in [0.25, 0.3) is 0 Å². The second kappa shape index (κ2) is 4.38. The van der Waals surface area contributed by atoms with E-state index in [9.17, 15) is 0 Å². The van der Waals surface area contributed by atoms with E-state index in [2.05, 4.69) is 59.7 Å². The summed E-state index contributed by atoms with van der Waals surface area (Å²) in [5, 5.41) is 0. The van der Waals surface area contributed by atoms with Crippen molar-refractivity contribution < 1.29 is 0 Å². The number of hydrogen-bond acceptors (Lipinski definition) is 0. The van der Waals surface area contributed by atoms with Crippen LogP contribution in [0.2, 0.25) is 0 Å². The highest BCUT2D eigenvalue weighted by Gasteiger charge is 2.17. The van der Waals surface area contributed by atoms with Crippen LogP contribution in [0.3, 0.4) is 0 Å². The summed E-state index contributed by atoms with van der Waals surface area (Å²) in [6.07, 6.45) is 1.12. The van der Waals surface area contributed by atoms with Gasteiger partial charge in [-0.05, 0) is 34.4 Å². The van der Waals surface area contributed by atoms with E-state index in [1.54, 1.807) is 0 Å². The first-order chi connectivity index (χ1) is 6.86. The van der Waals surface area contributed by atoms with Crippen molar-refractivity contribution in [3.8, 4) is 0 Å². The minimum absolute atomic E-state index is 0.255. The molecule has 0 aromatic heterocycles. The Hall–Kier alpha value is -0.780. The maximum atomic E-state index is 2.34. The summed E-state index contributed by atoms with van der Waals surface area (Å²) in [4.78, 5) is 0. The highest BCUT2D eigenvalue weighted by Crippen LogP contribution is 2.28. The molecule has 0 aliphatic carbocycles. The van der Waals surface area contributed by atoms with E-state index >= 15 is 0 Å². The van der Waals surface area contributed by atoms with E-state index < -0.39 is 0 Å². The zero-order chi connectivity index (χ0) is 11.6. The van der Waals surface area contributed by atoms with Crippen molar-refractivity contribution in [1.29, 1.82) is 0 Å². The van der Waals surface area contributed by atoms with Gasteiger partial charge >= 0.3 is 0 Å². The summed E-state index contributed by atoms with van der Waals surface area (Å²) in [5.74, 6) is 1.39. The third-order valence-electron chi connectivity index (χ3n) is 2.87. The first-order valence-electron chi connectivity index (χ1n) is 5.80. The van der Waals surface area contributed by atoms with Gasteiger partial charge in [-0.2, -0.15) is 0 Å². The molecule has 0 bridgehead atoms. The quantitative estimate of drug-likeness (QED) is 0.663. The Morgan fingerprint density at radius 2 is 1.73 bits per heavy atom. The van der Waals surface area contributed by atoms with Crippen molar-refractivity contribution in [3.05, 3.63) is 40.8 Å². The van der Waals surface area contributed by atoms with E-state index in [0.29, 0.717) is 0 Å². The van der Waals surface area contributed by atoms with E-state index in [1.165, 1.54) is 22.6 Å². The Morgan fingerprint density at radius 1 is 1.13 bits per heavy atom. The second-order valence-corrected chi connectivity index (χ2v) is 5.48. The summed E-state index contributed by atoms with van der Waals surface area (Å²) in [7, 11) is 0. The molecule has 0 saturated carbocycles. The molecule has 83 valence electrons. The van der Waals surface area contributed by atoms with Crippen LogP contribution in [-0.2, 0) is 11.8 Å². The van der Waals surface area contributed by atoms with Crippen LogP contribution in [-0.4, -0.2) is 0 Å². The molecule has 0 N–H and O–H groups in total. The first kappa shape index (κ1) is 12.3. The summed E-state index contributed by atoms with van der Waals surface area (Å²) in [5.41, 5.74) is 4.60. The summed E-state index contributed by atoms with van der Waals surface area (Å²) >= 11 is 0. The van der Waals surface area contributed by atoms with Crippen molar-refractivity contribution >= 4 is 0 Å². The van der Waals surface area contributed by atoms with Gasteiger partial charge in [0.2, 0.25) is 0 Å². The molecule has 0 spiro atoms. The zero-order valence-corrected chi connectivity index (χ0v) is 10.9. The third-order valence-corrected chi connectivity index (χ3v) is 2.87. The minimum atomic E-state index is 0.255. The van der Waals surface area contributed by atoms with Crippen LogP contribution in [0.5, 0.6) is 0 Å². The van der Waals surface area contributed by atoms with Crippen molar-refractivity contribution in [2.24, 2.45) is 0 Å². The van der Waals surface area contributed by atoms with Crippen molar-refractivity contribution in [1.82, 2.24) is 0 Å². The Morgan fingerprint density at radius 3 is 2.13 bits per heavy atom. The SMILES string of the molecule is CCc1cc([C](C)C)ccc1C(C)(C)C. The smallest absolute Gasteiger partial charge is 0.00119 e. The maximum Gasteiger partial charge on any atom is -0.00119 e. The normalized spacial score (nSPS) is 12.2. The summed E-state index contributed by atoms with van der Waals surface area (Å²) in [6.45, 7) is 13.4. The minimum Gasteiger partial charge on any atom is -0.0613 e. The number of aryl methyl sites for hydroxylation is 1. The van der Waals surface area contributed by atoms with E-state index in [0.717, 1.165) is 6.42 Å². The molecular formula is C15H23. The van der Waals surface area contributed by atoms with E-state index in [-0.39, 0.29) is 5.41 Å². The number of rotatable bonds is 2. The van der Waals surface area contributed by atoms with Gasteiger partial charge in [0.1, 0.15) is 0 Å². The average molecular weight is 203 g/mol. The van der Waals surface area contributed by atoms with Gasteiger partial charge in [0.25, 0.3) is 0 Å². The van der Waals surface area contributed by atoms with Gasteiger partial charge in [0.05, 0.1) is 0 Å². The fourth-order valence-electron chi connectivity index (χ4n) is 1.93. The predicted molar refractivity (Wildman–Crippen MR) is 68.2 cm³/mol. The average Bonchev–Trinajstić information content (AvgIpc) is 2.15. The molecule has 0 atom stereocenters. The molecule has 1 rings (SSSR count). The van der Waals surface area contributed by atoms with Crippen LogP contribution in [0.15, 0.2) is 18.2 Å².